The minimum atomic E-state index is -0.775. The highest BCUT2D eigenvalue weighted by atomic mass is 16.6. The number of rotatable bonds is 5. The largest absolute Gasteiger partial charge is 0.485 e. The van der Waals surface area contributed by atoms with Crippen molar-refractivity contribution < 1.29 is 28.2 Å². The number of carbonyl (C=O) groups excluding carboxylic acids is 2. The maximum absolute atomic E-state index is 12.3. The summed E-state index contributed by atoms with van der Waals surface area (Å²) in [7, 11) is 1.26. The molecular formula is C19H19NO7. The van der Waals surface area contributed by atoms with Crippen molar-refractivity contribution in [3.05, 3.63) is 57.6 Å². The number of aryl methyl sites for hydroxylation is 1. The van der Waals surface area contributed by atoms with Crippen LogP contribution in [0.4, 0.5) is 0 Å². The van der Waals surface area contributed by atoms with Crippen LogP contribution < -0.4 is 20.4 Å². The zero-order valence-corrected chi connectivity index (χ0v) is 14.9. The molecule has 1 amide bonds. The summed E-state index contributed by atoms with van der Waals surface area (Å²) in [5.74, 6) is 0.387. The molecular weight excluding hydrogens is 354 g/mol. The lowest BCUT2D eigenvalue weighted by molar-refractivity contribution is -0.140. The van der Waals surface area contributed by atoms with E-state index in [-0.39, 0.29) is 30.9 Å². The molecule has 1 aromatic carbocycles. The van der Waals surface area contributed by atoms with Gasteiger partial charge in [0.25, 0.3) is 5.91 Å². The van der Waals surface area contributed by atoms with Crippen LogP contribution in [0, 0.1) is 6.92 Å². The molecule has 1 unspecified atom stereocenters. The molecule has 1 N–H and O–H groups in total. The van der Waals surface area contributed by atoms with Gasteiger partial charge in [0.2, 0.25) is 0 Å². The zero-order chi connectivity index (χ0) is 19.4. The van der Waals surface area contributed by atoms with Crippen molar-refractivity contribution in [3.8, 4) is 11.5 Å². The Labute approximate surface area is 155 Å². The lowest BCUT2D eigenvalue weighted by Crippen LogP contribution is -2.32. The number of ether oxygens (including phenoxy) is 3. The number of hydrogen-bond donors (Lipinski definition) is 1. The number of fused-ring (bicyclic) bond motifs is 1. The van der Waals surface area contributed by atoms with Crippen molar-refractivity contribution in [1.29, 1.82) is 0 Å². The van der Waals surface area contributed by atoms with Crippen molar-refractivity contribution >= 4 is 11.9 Å². The molecule has 0 spiro atoms. The normalized spacial score (nSPS) is 15.1. The quantitative estimate of drug-likeness (QED) is 0.796. The summed E-state index contributed by atoms with van der Waals surface area (Å²) < 4.78 is 21.2. The van der Waals surface area contributed by atoms with E-state index in [9.17, 15) is 14.4 Å². The number of nitrogens with one attached hydrogen (secondary N) is 1. The van der Waals surface area contributed by atoms with Crippen LogP contribution in [0.3, 0.4) is 0 Å². The number of amides is 1. The highest BCUT2D eigenvalue weighted by Crippen LogP contribution is 2.35. The minimum Gasteiger partial charge on any atom is -0.485 e. The predicted octanol–water partition coefficient (Wildman–Crippen LogP) is 1.75. The summed E-state index contributed by atoms with van der Waals surface area (Å²) in [5.41, 5.74) is -0.442. The lowest BCUT2D eigenvalue weighted by Gasteiger charge is -2.25. The van der Waals surface area contributed by atoms with Crippen LogP contribution >= 0.6 is 0 Å². The molecule has 8 heteroatoms. The molecule has 0 bridgehead atoms. The molecule has 0 saturated carbocycles. The van der Waals surface area contributed by atoms with Gasteiger partial charge in [-0.25, -0.2) is 4.79 Å². The summed E-state index contributed by atoms with van der Waals surface area (Å²) in [5, 5.41) is 2.50. The Kier molecular flexibility index (Phi) is 5.44. The Hall–Kier alpha value is -3.29. The number of para-hydroxylation sites is 2. The topological polar surface area (TPSA) is 104 Å². The molecule has 1 aliphatic heterocycles. The first-order chi connectivity index (χ1) is 13.0. The van der Waals surface area contributed by atoms with E-state index in [2.05, 4.69) is 10.1 Å². The minimum absolute atomic E-state index is 0.0113. The fourth-order valence-electron chi connectivity index (χ4n) is 2.69. The molecule has 2 aromatic rings. The predicted molar refractivity (Wildman–Crippen MR) is 94.0 cm³/mol. The Balaban J connectivity index is 1.75. The standard InChI is InChI=1S/C19H19NO7/c1-11-9-14(15-10-25-12-5-3-4-6-13(12)26-15)27-19(23)17(11)18(22)20-8-7-16(21)24-2/h3-6,9,15H,7-8,10H2,1-2H3,(H,20,22). The molecule has 0 aliphatic carbocycles. The Morgan fingerprint density at radius 2 is 2.00 bits per heavy atom. The first-order valence-electron chi connectivity index (χ1n) is 8.37. The summed E-state index contributed by atoms with van der Waals surface area (Å²) in [6.45, 7) is 1.87. The SMILES string of the molecule is COC(=O)CCNC(=O)c1c(C)cc(C2COc3ccccc3O2)oc1=O. The van der Waals surface area contributed by atoms with Gasteiger partial charge in [-0.05, 0) is 30.7 Å². The van der Waals surface area contributed by atoms with Gasteiger partial charge in [-0.15, -0.1) is 0 Å². The zero-order valence-electron chi connectivity index (χ0n) is 14.9. The fourth-order valence-corrected chi connectivity index (χ4v) is 2.69. The van der Waals surface area contributed by atoms with Crippen LogP contribution in [0.15, 0.2) is 39.5 Å². The summed E-state index contributed by atoms with van der Waals surface area (Å²) in [6.07, 6.45) is -0.583. The van der Waals surface area contributed by atoms with Crippen LogP contribution in [-0.4, -0.2) is 32.1 Å². The Morgan fingerprint density at radius 1 is 1.26 bits per heavy atom. The van der Waals surface area contributed by atoms with E-state index in [0.29, 0.717) is 17.1 Å². The summed E-state index contributed by atoms with van der Waals surface area (Å²) in [6, 6.07) is 8.77. The van der Waals surface area contributed by atoms with Gasteiger partial charge in [0, 0.05) is 6.54 Å². The monoisotopic (exact) mass is 373 g/mol. The van der Waals surface area contributed by atoms with Gasteiger partial charge < -0.3 is 23.9 Å². The second-order valence-electron chi connectivity index (χ2n) is 5.94. The molecule has 2 heterocycles. The van der Waals surface area contributed by atoms with E-state index < -0.39 is 23.6 Å². The highest BCUT2D eigenvalue weighted by Gasteiger charge is 2.27. The summed E-state index contributed by atoms with van der Waals surface area (Å²) >= 11 is 0. The number of benzene rings is 1. The van der Waals surface area contributed by atoms with Gasteiger partial charge in [-0.3, -0.25) is 9.59 Å². The van der Waals surface area contributed by atoms with Crippen LogP contribution in [0.1, 0.15) is 34.2 Å². The second kappa shape index (κ2) is 7.94. The van der Waals surface area contributed by atoms with E-state index in [1.807, 2.05) is 12.1 Å². The molecule has 0 saturated heterocycles. The van der Waals surface area contributed by atoms with Crippen molar-refractivity contribution in [2.24, 2.45) is 0 Å². The number of hydrogen-bond acceptors (Lipinski definition) is 7. The van der Waals surface area contributed by atoms with Gasteiger partial charge in [0.15, 0.2) is 23.4 Å². The van der Waals surface area contributed by atoms with Gasteiger partial charge in [0.05, 0.1) is 13.5 Å². The molecule has 27 heavy (non-hydrogen) atoms. The molecule has 142 valence electrons. The molecule has 1 atom stereocenters. The number of carbonyl (C=O) groups is 2. The van der Waals surface area contributed by atoms with Gasteiger partial charge >= 0.3 is 11.6 Å². The number of esters is 1. The summed E-state index contributed by atoms with van der Waals surface area (Å²) in [4.78, 5) is 35.6. The first kappa shape index (κ1) is 18.5. The van der Waals surface area contributed by atoms with Crippen LogP contribution in [0.2, 0.25) is 0 Å². The van der Waals surface area contributed by atoms with E-state index in [0.717, 1.165) is 0 Å². The van der Waals surface area contributed by atoms with E-state index >= 15 is 0 Å². The lowest BCUT2D eigenvalue weighted by atomic mass is 10.1. The smallest absolute Gasteiger partial charge is 0.349 e. The fraction of sp³-hybridized carbons (Fsp3) is 0.316. The molecule has 1 aliphatic rings. The number of methoxy groups -OCH3 is 1. The van der Waals surface area contributed by atoms with Crippen molar-refractivity contribution in [1.82, 2.24) is 5.32 Å². The Bertz CT molecular complexity index is 919. The molecule has 0 fully saturated rings. The van der Waals surface area contributed by atoms with Crippen molar-refractivity contribution in [2.75, 3.05) is 20.3 Å². The first-order valence-corrected chi connectivity index (χ1v) is 8.37. The van der Waals surface area contributed by atoms with Crippen LogP contribution in [0.5, 0.6) is 11.5 Å². The van der Waals surface area contributed by atoms with Gasteiger partial charge in [0.1, 0.15) is 12.2 Å². The average Bonchev–Trinajstić information content (AvgIpc) is 2.66. The second-order valence-corrected chi connectivity index (χ2v) is 5.94. The Morgan fingerprint density at radius 3 is 2.70 bits per heavy atom. The van der Waals surface area contributed by atoms with Crippen molar-refractivity contribution in [2.45, 2.75) is 19.4 Å². The molecule has 1 aromatic heterocycles. The third-order valence-electron chi connectivity index (χ3n) is 4.06. The van der Waals surface area contributed by atoms with Gasteiger partial charge in [-0.1, -0.05) is 12.1 Å². The molecule has 0 radical (unpaired) electrons. The van der Waals surface area contributed by atoms with E-state index in [1.54, 1.807) is 25.1 Å². The maximum atomic E-state index is 12.3. The third kappa shape index (κ3) is 4.11. The molecule has 3 rings (SSSR count). The van der Waals surface area contributed by atoms with Crippen LogP contribution in [0.25, 0.3) is 0 Å². The highest BCUT2D eigenvalue weighted by molar-refractivity contribution is 5.95. The van der Waals surface area contributed by atoms with E-state index in [1.165, 1.54) is 7.11 Å². The molecule has 8 nitrogen and oxygen atoms in total. The van der Waals surface area contributed by atoms with Crippen molar-refractivity contribution in [3.63, 3.8) is 0 Å². The maximum Gasteiger partial charge on any atom is 0.349 e. The van der Waals surface area contributed by atoms with Crippen LogP contribution in [-0.2, 0) is 9.53 Å². The average molecular weight is 373 g/mol. The van der Waals surface area contributed by atoms with E-state index in [4.69, 9.17) is 13.9 Å². The third-order valence-corrected chi connectivity index (χ3v) is 4.06. The van der Waals surface area contributed by atoms with Gasteiger partial charge in [-0.2, -0.15) is 0 Å².